The number of aromatic nitrogens is 2. The van der Waals surface area contributed by atoms with Crippen molar-refractivity contribution in [2.75, 3.05) is 17.6 Å². The fourth-order valence-corrected chi connectivity index (χ4v) is 4.88. The molecule has 2 heterocycles. The summed E-state index contributed by atoms with van der Waals surface area (Å²) in [5.74, 6) is 0.423. The number of anilines is 2. The molecule has 0 radical (unpaired) electrons. The molecule has 2 aromatic heterocycles. The number of nitrogens with one attached hydrogen (secondary N) is 1. The zero-order chi connectivity index (χ0) is 19.8. The highest BCUT2D eigenvalue weighted by atomic mass is 32.2. The molecule has 0 spiro atoms. The fraction of sp³-hybridized carbons (Fsp3) is 0.222. The van der Waals surface area contributed by atoms with Crippen LogP contribution in [0.3, 0.4) is 0 Å². The van der Waals surface area contributed by atoms with Crippen molar-refractivity contribution in [1.82, 2.24) is 9.97 Å². The van der Waals surface area contributed by atoms with E-state index in [9.17, 15) is 8.42 Å². The number of nitrogens with two attached hydrogens (primary N) is 1. The molecule has 0 unspecified atom stereocenters. The Labute approximate surface area is 162 Å². The highest BCUT2D eigenvalue weighted by Crippen LogP contribution is 2.34. The molecular weight excluding hydrogens is 384 g/mol. The van der Waals surface area contributed by atoms with Gasteiger partial charge in [-0.1, -0.05) is 23.5 Å². The monoisotopic (exact) mass is 404 g/mol. The average molecular weight is 405 g/mol. The van der Waals surface area contributed by atoms with Gasteiger partial charge >= 0.3 is 0 Å². The summed E-state index contributed by atoms with van der Waals surface area (Å²) >= 11 is 1.33. The SMILES string of the molecule is COc1cc(C)c(NS(=O)(=O)c2cc(-c3sc(N)nc3C)ccc2C)cn1. The Bertz CT molecular complexity index is 1110. The number of hydrogen-bond acceptors (Lipinski definition) is 7. The predicted molar refractivity (Wildman–Crippen MR) is 108 cm³/mol. The number of sulfonamides is 1. The van der Waals surface area contributed by atoms with E-state index in [0.29, 0.717) is 27.8 Å². The smallest absolute Gasteiger partial charge is 0.262 e. The topological polar surface area (TPSA) is 107 Å². The first-order chi connectivity index (χ1) is 12.7. The van der Waals surface area contributed by atoms with Crippen molar-refractivity contribution in [2.24, 2.45) is 0 Å². The lowest BCUT2D eigenvalue weighted by Gasteiger charge is -2.13. The summed E-state index contributed by atoms with van der Waals surface area (Å²) in [5, 5.41) is 0.450. The van der Waals surface area contributed by atoms with Gasteiger partial charge in [0.2, 0.25) is 5.88 Å². The lowest BCUT2D eigenvalue weighted by atomic mass is 10.1. The molecule has 7 nitrogen and oxygen atoms in total. The molecule has 0 fully saturated rings. The second-order valence-electron chi connectivity index (χ2n) is 6.09. The summed E-state index contributed by atoms with van der Waals surface area (Å²) in [7, 11) is -2.29. The fourth-order valence-electron chi connectivity index (χ4n) is 2.66. The third kappa shape index (κ3) is 3.88. The van der Waals surface area contributed by atoms with E-state index in [-0.39, 0.29) is 4.90 Å². The van der Waals surface area contributed by atoms with E-state index in [0.717, 1.165) is 16.1 Å². The van der Waals surface area contributed by atoms with Crippen LogP contribution < -0.4 is 15.2 Å². The summed E-state index contributed by atoms with van der Waals surface area (Å²) in [4.78, 5) is 9.33. The minimum Gasteiger partial charge on any atom is -0.481 e. The van der Waals surface area contributed by atoms with Crippen LogP contribution in [-0.2, 0) is 10.0 Å². The van der Waals surface area contributed by atoms with E-state index in [1.165, 1.54) is 24.6 Å². The Hall–Kier alpha value is -2.65. The zero-order valence-corrected chi connectivity index (χ0v) is 17.0. The van der Waals surface area contributed by atoms with Gasteiger partial charge in [-0.15, -0.1) is 0 Å². The Kier molecular flexibility index (Phi) is 5.07. The number of ether oxygens (including phenoxy) is 1. The highest BCUT2D eigenvalue weighted by molar-refractivity contribution is 7.92. The van der Waals surface area contributed by atoms with Crippen molar-refractivity contribution in [3.8, 4) is 16.3 Å². The normalized spacial score (nSPS) is 11.4. The van der Waals surface area contributed by atoms with Crippen LogP contribution in [0.2, 0.25) is 0 Å². The molecule has 0 saturated carbocycles. The summed E-state index contributed by atoms with van der Waals surface area (Å²) < 4.78 is 33.7. The second kappa shape index (κ2) is 7.16. The number of nitrogens with zero attached hydrogens (tertiary/aromatic N) is 2. The number of pyridine rings is 1. The molecule has 0 aliphatic rings. The largest absolute Gasteiger partial charge is 0.481 e. The molecule has 9 heteroatoms. The lowest BCUT2D eigenvalue weighted by Crippen LogP contribution is -2.15. The first-order valence-corrected chi connectivity index (χ1v) is 10.4. The maximum Gasteiger partial charge on any atom is 0.262 e. The van der Waals surface area contributed by atoms with Crippen LogP contribution >= 0.6 is 11.3 Å². The number of thiazole rings is 1. The molecule has 3 aromatic rings. The van der Waals surface area contributed by atoms with Crippen LogP contribution in [0.5, 0.6) is 5.88 Å². The lowest BCUT2D eigenvalue weighted by molar-refractivity contribution is 0.397. The van der Waals surface area contributed by atoms with Crippen LogP contribution in [0.25, 0.3) is 10.4 Å². The van der Waals surface area contributed by atoms with Gasteiger partial charge in [-0.3, -0.25) is 4.72 Å². The van der Waals surface area contributed by atoms with Crippen molar-refractivity contribution >= 4 is 32.2 Å². The van der Waals surface area contributed by atoms with Crippen LogP contribution in [-0.4, -0.2) is 25.5 Å². The third-order valence-electron chi connectivity index (χ3n) is 4.09. The van der Waals surface area contributed by atoms with Crippen molar-refractivity contribution in [3.63, 3.8) is 0 Å². The summed E-state index contributed by atoms with van der Waals surface area (Å²) in [5.41, 5.74) is 9.06. The maximum atomic E-state index is 13.0. The molecule has 3 rings (SSSR count). The van der Waals surface area contributed by atoms with E-state index < -0.39 is 10.0 Å². The van der Waals surface area contributed by atoms with Gasteiger partial charge in [-0.2, -0.15) is 0 Å². The number of aryl methyl sites for hydroxylation is 3. The number of benzene rings is 1. The van der Waals surface area contributed by atoms with Gasteiger partial charge < -0.3 is 10.5 Å². The van der Waals surface area contributed by atoms with Gasteiger partial charge in [0.15, 0.2) is 5.13 Å². The Balaban J connectivity index is 2.01. The number of nitrogen functional groups attached to an aromatic ring is 1. The first kappa shape index (κ1) is 19.1. The van der Waals surface area contributed by atoms with Gasteiger partial charge in [0.05, 0.1) is 34.5 Å². The molecule has 0 amide bonds. The molecule has 0 aliphatic carbocycles. The van der Waals surface area contributed by atoms with Crippen LogP contribution in [0.4, 0.5) is 10.8 Å². The standard InChI is InChI=1S/C18H20N4O3S2/c1-10-5-6-13(17-12(3)21-18(19)26-17)8-15(10)27(23,24)22-14-9-20-16(25-4)7-11(14)2/h5-9,22H,1-4H3,(H2,19,21). The van der Waals surface area contributed by atoms with E-state index in [2.05, 4.69) is 14.7 Å². The minimum atomic E-state index is -3.80. The van der Waals surface area contributed by atoms with Crippen molar-refractivity contribution < 1.29 is 13.2 Å². The van der Waals surface area contributed by atoms with E-state index in [1.54, 1.807) is 32.0 Å². The second-order valence-corrected chi connectivity index (χ2v) is 8.78. The van der Waals surface area contributed by atoms with Crippen LogP contribution in [0.15, 0.2) is 35.4 Å². The molecule has 0 saturated heterocycles. The van der Waals surface area contributed by atoms with Gasteiger partial charge in [-0.25, -0.2) is 18.4 Å². The van der Waals surface area contributed by atoms with Crippen LogP contribution in [0.1, 0.15) is 16.8 Å². The summed E-state index contributed by atoms with van der Waals surface area (Å²) in [6.45, 7) is 5.39. The molecule has 0 bridgehead atoms. The summed E-state index contributed by atoms with van der Waals surface area (Å²) in [6, 6.07) is 6.96. The Morgan fingerprint density at radius 3 is 2.48 bits per heavy atom. The molecule has 0 aliphatic heterocycles. The molecule has 0 atom stereocenters. The predicted octanol–water partition coefficient (Wildman–Crippen LogP) is 3.52. The van der Waals surface area contributed by atoms with Crippen molar-refractivity contribution in [1.29, 1.82) is 0 Å². The summed E-state index contributed by atoms with van der Waals surface area (Å²) in [6.07, 6.45) is 1.44. The average Bonchev–Trinajstić information content (AvgIpc) is 2.95. The maximum absolute atomic E-state index is 13.0. The zero-order valence-electron chi connectivity index (χ0n) is 15.4. The minimum absolute atomic E-state index is 0.196. The van der Waals surface area contributed by atoms with Gasteiger partial charge in [0, 0.05) is 6.07 Å². The number of methoxy groups -OCH3 is 1. The first-order valence-electron chi connectivity index (χ1n) is 8.08. The van der Waals surface area contributed by atoms with E-state index in [1.807, 2.05) is 13.0 Å². The van der Waals surface area contributed by atoms with Crippen molar-refractivity contribution in [3.05, 3.63) is 47.3 Å². The van der Waals surface area contributed by atoms with E-state index in [4.69, 9.17) is 10.5 Å². The quantitative estimate of drug-likeness (QED) is 0.674. The molecule has 142 valence electrons. The number of hydrogen-bond donors (Lipinski definition) is 2. The highest BCUT2D eigenvalue weighted by Gasteiger charge is 2.20. The van der Waals surface area contributed by atoms with E-state index >= 15 is 0 Å². The van der Waals surface area contributed by atoms with Crippen molar-refractivity contribution in [2.45, 2.75) is 25.7 Å². The van der Waals surface area contributed by atoms with Crippen LogP contribution in [0, 0.1) is 20.8 Å². The van der Waals surface area contributed by atoms with Gasteiger partial charge in [0.25, 0.3) is 10.0 Å². The molecule has 27 heavy (non-hydrogen) atoms. The molecule has 1 aromatic carbocycles. The molecular formula is C18H20N4O3S2. The van der Waals surface area contributed by atoms with Gasteiger partial charge in [-0.05, 0) is 43.5 Å². The third-order valence-corrected chi connectivity index (χ3v) is 6.64. The Morgan fingerprint density at radius 2 is 1.89 bits per heavy atom. The van der Waals surface area contributed by atoms with Gasteiger partial charge in [0.1, 0.15) is 0 Å². The number of rotatable bonds is 5. The Morgan fingerprint density at radius 1 is 1.15 bits per heavy atom. The molecule has 3 N–H and O–H groups in total.